The Morgan fingerprint density at radius 3 is 2.63 bits per heavy atom. The van der Waals surface area contributed by atoms with Gasteiger partial charge in [0.2, 0.25) is 4.80 Å². The number of aryl methyl sites for hydroxylation is 2. The third-order valence-electron chi connectivity index (χ3n) is 6.20. The van der Waals surface area contributed by atoms with E-state index in [0.29, 0.717) is 23.4 Å². The molecule has 1 fully saturated rings. The first-order chi connectivity index (χ1) is 14.5. The second-order valence-corrected chi connectivity index (χ2v) is 9.18. The SMILES string of the molecule is Cc1cc(C)n(/N=c2/sc(-c3ccccc3)cn2[C@@H]2C[C@H]3C=C[C@H]2C3)c(=O)c1C#N. The van der Waals surface area contributed by atoms with Crippen LogP contribution in [0.1, 0.15) is 35.7 Å². The van der Waals surface area contributed by atoms with Gasteiger partial charge in [-0.1, -0.05) is 53.8 Å². The number of hydrogen-bond donors (Lipinski definition) is 0. The fourth-order valence-electron chi connectivity index (χ4n) is 4.70. The quantitative estimate of drug-likeness (QED) is 0.598. The maximum Gasteiger partial charge on any atom is 0.289 e. The van der Waals surface area contributed by atoms with Crippen LogP contribution in [0.5, 0.6) is 0 Å². The lowest BCUT2D eigenvalue weighted by Crippen LogP contribution is -2.28. The van der Waals surface area contributed by atoms with E-state index in [1.54, 1.807) is 18.3 Å². The largest absolute Gasteiger partial charge is 0.318 e. The highest BCUT2D eigenvalue weighted by atomic mass is 32.1. The Morgan fingerprint density at radius 1 is 1.17 bits per heavy atom. The summed E-state index contributed by atoms with van der Waals surface area (Å²) in [6.45, 7) is 3.65. The molecule has 30 heavy (non-hydrogen) atoms. The summed E-state index contributed by atoms with van der Waals surface area (Å²) in [4.78, 5) is 14.8. The Labute approximate surface area is 178 Å². The molecule has 2 aliphatic carbocycles. The van der Waals surface area contributed by atoms with Crippen LogP contribution in [0.2, 0.25) is 0 Å². The van der Waals surface area contributed by atoms with E-state index in [2.05, 4.69) is 35.0 Å². The van der Waals surface area contributed by atoms with Crippen LogP contribution >= 0.6 is 11.3 Å². The molecule has 2 aliphatic rings. The van der Waals surface area contributed by atoms with Gasteiger partial charge in [-0.2, -0.15) is 9.94 Å². The molecular formula is C24H22N4OS. The lowest BCUT2D eigenvalue weighted by molar-refractivity contribution is 0.421. The van der Waals surface area contributed by atoms with Gasteiger partial charge < -0.3 is 4.57 Å². The summed E-state index contributed by atoms with van der Waals surface area (Å²) in [6.07, 6.45) is 9.13. The predicted octanol–water partition coefficient (Wildman–Crippen LogP) is 4.37. The summed E-state index contributed by atoms with van der Waals surface area (Å²) < 4.78 is 3.63. The number of rotatable bonds is 3. The molecule has 5 rings (SSSR count). The first kappa shape index (κ1) is 18.8. The number of benzene rings is 1. The number of hydrogen-bond acceptors (Lipinski definition) is 4. The minimum Gasteiger partial charge on any atom is -0.318 e. The zero-order valence-electron chi connectivity index (χ0n) is 16.9. The number of aromatic nitrogens is 2. The molecule has 0 spiro atoms. The Hall–Kier alpha value is -3.17. The molecule has 3 aromatic rings. The average molecular weight is 415 g/mol. The van der Waals surface area contributed by atoms with E-state index in [9.17, 15) is 10.1 Å². The molecule has 0 amide bonds. The molecule has 0 N–H and O–H groups in total. The molecule has 3 atom stereocenters. The van der Waals surface area contributed by atoms with Gasteiger partial charge in [-0.25, -0.2) is 0 Å². The summed E-state index contributed by atoms with van der Waals surface area (Å²) in [6, 6.07) is 14.5. The third-order valence-corrected chi connectivity index (χ3v) is 7.23. The Balaban J connectivity index is 1.72. The van der Waals surface area contributed by atoms with Crippen LogP contribution in [0.3, 0.4) is 0 Å². The smallest absolute Gasteiger partial charge is 0.289 e. The van der Waals surface area contributed by atoms with Crippen molar-refractivity contribution in [1.82, 2.24) is 9.24 Å². The number of nitrogens with zero attached hydrogens (tertiary/aromatic N) is 4. The maximum atomic E-state index is 12.9. The zero-order valence-corrected chi connectivity index (χ0v) is 17.8. The highest BCUT2D eigenvalue weighted by Crippen LogP contribution is 2.46. The fourth-order valence-corrected chi connectivity index (χ4v) is 5.74. The molecule has 2 heterocycles. The molecule has 0 radical (unpaired) electrons. The molecule has 1 saturated carbocycles. The van der Waals surface area contributed by atoms with E-state index in [1.165, 1.54) is 11.1 Å². The lowest BCUT2D eigenvalue weighted by atomic mass is 10.0. The van der Waals surface area contributed by atoms with Crippen LogP contribution in [0.25, 0.3) is 10.4 Å². The van der Waals surface area contributed by atoms with Crippen LogP contribution in [0.15, 0.2) is 64.6 Å². The van der Waals surface area contributed by atoms with Crippen molar-refractivity contribution in [3.63, 3.8) is 0 Å². The van der Waals surface area contributed by atoms with E-state index in [4.69, 9.17) is 5.10 Å². The van der Waals surface area contributed by atoms with Crippen LogP contribution in [0, 0.1) is 37.0 Å². The molecule has 5 nitrogen and oxygen atoms in total. The molecule has 2 aromatic heterocycles. The summed E-state index contributed by atoms with van der Waals surface area (Å²) in [5.74, 6) is 1.15. The van der Waals surface area contributed by atoms with Crippen LogP contribution < -0.4 is 10.4 Å². The standard InChI is InChI=1S/C24H22N4OS/c1-15-10-16(2)28(23(29)20(15)13-25)26-24-27(21-12-17-8-9-19(21)11-17)14-22(30-24)18-6-4-3-5-7-18/h3-10,14,17,19,21H,11-12H2,1-2H3/b26-24+/t17-,19-,21+/m0/s1. The van der Waals surface area contributed by atoms with Crippen LogP contribution in [-0.2, 0) is 0 Å². The molecule has 0 unspecified atom stereocenters. The Morgan fingerprint density at radius 2 is 1.97 bits per heavy atom. The normalized spacial score (nSPS) is 22.6. The lowest BCUT2D eigenvalue weighted by Gasteiger charge is -2.20. The van der Waals surface area contributed by atoms with Gasteiger partial charge in [-0.05, 0) is 55.7 Å². The molecular weight excluding hydrogens is 392 g/mol. The minimum atomic E-state index is -0.357. The van der Waals surface area contributed by atoms with Crippen molar-refractivity contribution in [2.75, 3.05) is 0 Å². The maximum absolute atomic E-state index is 12.9. The van der Waals surface area contributed by atoms with Crippen molar-refractivity contribution >= 4 is 11.3 Å². The van der Waals surface area contributed by atoms with Gasteiger partial charge >= 0.3 is 0 Å². The molecule has 0 aliphatic heterocycles. The molecule has 6 heteroatoms. The van der Waals surface area contributed by atoms with E-state index in [1.807, 2.05) is 37.3 Å². The van der Waals surface area contributed by atoms with Crippen molar-refractivity contribution in [3.8, 4) is 16.5 Å². The second-order valence-electron chi connectivity index (χ2n) is 8.17. The molecule has 0 saturated heterocycles. The summed E-state index contributed by atoms with van der Waals surface area (Å²) in [7, 11) is 0. The zero-order chi connectivity index (χ0) is 20.8. The molecule has 1 aromatic carbocycles. The summed E-state index contributed by atoms with van der Waals surface area (Å²) >= 11 is 1.59. The van der Waals surface area contributed by atoms with Gasteiger partial charge in [0.15, 0.2) is 0 Å². The minimum absolute atomic E-state index is 0.151. The van der Waals surface area contributed by atoms with Crippen molar-refractivity contribution in [2.45, 2.75) is 32.7 Å². The topological polar surface area (TPSA) is 63.1 Å². The monoisotopic (exact) mass is 414 g/mol. The summed E-state index contributed by atoms with van der Waals surface area (Å²) in [5.41, 5.74) is 2.35. The van der Waals surface area contributed by atoms with E-state index < -0.39 is 0 Å². The van der Waals surface area contributed by atoms with Gasteiger partial charge in [-0.3, -0.25) is 4.79 Å². The van der Waals surface area contributed by atoms with Crippen LogP contribution in [0.4, 0.5) is 0 Å². The van der Waals surface area contributed by atoms with Crippen molar-refractivity contribution in [3.05, 3.63) is 86.7 Å². The number of allylic oxidation sites excluding steroid dienone is 2. The van der Waals surface area contributed by atoms with Gasteiger partial charge in [0.25, 0.3) is 5.56 Å². The number of thiazole rings is 1. The van der Waals surface area contributed by atoms with Crippen molar-refractivity contribution in [1.29, 1.82) is 5.26 Å². The number of pyridine rings is 1. The van der Waals surface area contributed by atoms with E-state index in [0.717, 1.165) is 27.4 Å². The molecule has 150 valence electrons. The van der Waals surface area contributed by atoms with Gasteiger partial charge in [0.1, 0.15) is 11.6 Å². The van der Waals surface area contributed by atoms with E-state index in [-0.39, 0.29) is 11.1 Å². The summed E-state index contributed by atoms with van der Waals surface area (Å²) in [5, 5.41) is 14.2. The first-order valence-electron chi connectivity index (χ1n) is 10.2. The average Bonchev–Trinajstić information content (AvgIpc) is 3.47. The Kier molecular flexibility index (Phi) is 4.56. The van der Waals surface area contributed by atoms with E-state index >= 15 is 0 Å². The Bertz CT molecular complexity index is 1320. The number of nitriles is 1. The van der Waals surface area contributed by atoms with Crippen molar-refractivity contribution < 1.29 is 0 Å². The third kappa shape index (κ3) is 3.06. The molecule has 2 bridgehead atoms. The van der Waals surface area contributed by atoms with Gasteiger partial charge in [-0.15, -0.1) is 5.10 Å². The van der Waals surface area contributed by atoms with Crippen LogP contribution in [-0.4, -0.2) is 9.24 Å². The number of fused-ring (bicyclic) bond motifs is 2. The first-order valence-corrected chi connectivity index (χ1v) is 11.0. The van der Waals surface area contributed by atoms with Gasteiger partial charge in [0.05, 0.1) is 4.88 Å². The fraction of sp³-hybridized carbons (Fsp3) is 0.292. The van der Waals surface area contributed by atoms with Gasteiger partial charge in [0, 0.05) is 17.9 Å². The highest BCUT2D eigenvalue weighted by molar-refractivity contribution is 7.12. The van der Waals surface area contributed by atoms with Crippen molar-refractivity contribution in [2.24, 2.45) is 16.9 Å². The predicted molar refractivity (Wildman–Crippen MR) is 118 cm³/mol. The highest BCUT2D eigenvalue weighted by Gasteiger charge is 2.37. The second kappa shape index (κ2) is 7.26.